The van der Waals surface area contributed by atoms with Crippen LogP contribution < -0.4 is 31.0 Å². The molecule has 9 heteroatoms. The summed E-state index contributed by atoms with van der Waals surface area (Å²) in [5.41, 5.74) is 11.9. The number of esters is 1. The van der Waals surface area contributed by atoms with Crippen LogP contribution >= 0.6 is 0 Å². The Morgan fingerprint density at radius 2 is 1.16 bits per heavy atom. The summed E-state index contributed by atoms with van der Waals surface area (Å²) < 4.78 is 17.6. The molecular weight excluding hydrogens is 546 g/mol. The van der Waals surface area contributed by atoms with Gasteiger partial charge in [-0.2, -0.15) is 0 Å². The topological polar surface area (TPSA) is 146 Å². The molecule has 0 bridgehead atoms. The van der Waals surface area contributed by atoms with E-state index in [0.717, 1.165) is 21.5 Å². The maximum Gasteiger partial charge on any atom is 0.347 e. The molecule has 0 spiro atoms. The standard InChI is InChI=1S/C34H33N3O6/c35-13-5-15-41-30-19-24-9-3-1-7-22(24)17-27(30)33(39)37-29-12-11-26(38)21-32(29)43-34(40)28-18-23-8-2-4-10-25(23)20-31(28)42-16-6-14-36/h1-4,7-12,17-21,38H,5-6,13-16,35-36H2,(H,37,39). The molecule has 0 fully saturated rings. The molecule has 0 atom stereocenters. The monoisotopic (exact) mass is 579 g/mol. The van der Waals surface area contributed by atoms with E-state index in [0.29, 0.717) is 56.2 Å². The number of rotatable bonds is 12. The second-order valence-electron chi connectivity index (χ2n) is 9.90. The summed E-state index contributed by atoms with van der Waals surface area (Å²) in [5, 5.41) is 16.5. The van der Waals surface area contributed by atoms with Crippen LogP contribution in [-0.4, -0.2) is 43.3 Å². The average molecular weight is 580 g/mol. The Kier molecular flexibility index (Phi) is 9.36. The molecule has 9 nitrogen and oxygen atoms in total. The molecule has 5 aromatic carbocycles. The van der Waals surface area contributed by atoms with Crippen molar-refractivity contribution in [2.75, 3.05) is 31.6 Å². The summed E-state index contributed by atoms with van der Waals surface area (Å²) in [6.45, 7) is 1.56. The van der Waals surface area contributed by atoms with E-state index in [2.05, 4.69) is 5.32 Å². The van der Waals surface area contributed by atoms with Gasteiger partial charge in [-0.25, -0.2) is 4.79 Å². The minimum atomic E-state index is -0.717. The van der Waals surface area contributed by atoms with Crippen LogP contribution in [-0.2, 0) is 0 Å². The zero-order chi connectivity index (χ0) is 30.2. The molecule has 0 saturated carbocycles. The molecule has 0 saturated heterocycles. The van der Waals surface area contributed by atoms with Gasteiger partial charge >= 0.3 is 5.97 Å². The van der Waals surface area contributed by atoms with E-state index in [4.69, 9.17) is 25.7 Å². The summed E-state index contributed by atoms with van der Waals surface area (Å²) in [5.74, 6) is -0.629. The maximum atomic E-state index is 13.6. The van der Waals surface area contributed by atoms with Gasteiger partial charge in [-0.1, -0.05) is 48.5 Å². The van der Waals surface area contributed by atoms with Crippen LogP contribution in [0.2, 0.25) is 0 Å². The minimum Gasteiger partial charge on any atom is -0.508 e. The highest BCUT2D eigenvalue weighted by atomic mass is 16.5. The van der Waals surface area contributed by atoms with Gasteiger partial charge in [0.05, 0.1) is 24.5 Å². The third-order valence-corrected chi connectivity index (χ3v) is 6.79. The van der Waals surface area contributed by atoms with Gasteiger partial charge in [-0.15, -0.1) is 0 Å². The molecule has 6 N–H and O–H groups in total. The van der Waals surface area contributed by atoms with E-state index >= 15 is 0 Å². The number of anilines is 1. The Hall–Kier alpha value is -5.12. The number of amides is 1. The number of nitrogens with two attached hydrogens (primary N) is 2. The van der Waals surface area contributed by atoms with Crippen molar-refractivity contribution in [2.45, 2.75) is 12.8 Å². The van der Waals surface area contributed by atoms with Crippen LogP contribution in [0.4, 0.5) is 5.69 Å². The molecule has 43 heavy (non-hydrogen) atoms. The van der Waals surface area contributed by atoms with Crippen LogP contribution in [0.3, 0.4) is 0 Å². The number of nitrogens with one attached hydrogen (secondary N) is 1. The van der Waals surface area contributed by atoms with Crippen molar-refractivity contribution in [3.05, 3.63) is 102 Å². The van der Waals surface area contributed by atoms with E-state index in [1.54, 1.807) is 18.2 Å². The SMILES string of the molecule is NCCCOc1cc2ccccc2cc1C(=O)Nc1ccc(O)cc1OC(=O)c1cc2ccccc2cc1OCCCN. The smallest absolute Gasteiger partial charge is 0.347 e. The number of fused-ring (bicyclic) bond motifs is 2. The second kappa shape index (κ2) is 13.7. The van der Waals surface area contributed by atoms with E-state index in [9.17, 15) is 14.7 Å². The van der Waals surface area contributed by atoms with Crippen LogP contribution in [0.15, 0.2) is 91.0 Å². The van der Waals surface area contributed by atoms with E-state index in [1.165, 1.54) is 18.2 Å². The average Bonchev–Trinajstić information content (AvgIpc) is 3.01. The predicted molar refractivity (Wildman–Crippen MR) is 167 cm³/mol. The van der Waals surface area contributed by atoms with Crippen LogP contribution in [0, 0.1) is 0 Å². The van der Waals surface area contributed by atoms with Crippen molar-refractivity contribution in [3.63, 3.8) is 0 Å². The van der Waals surface area contributed by atoms with E-state index < -0.39 is 11.9 Å². The first kappa shape index (κ1) is 29.4. The second-order valence-corrected chi connectivity index (χ2v) is 9.90. The lowest BCUT2D eigenvalue weighted by molar-refractivity contribution is 0.0730. The molecule has 5 aromatic rings. The predicted octanol–water partition coefficient (Wildman–Crippen LogP) is 5.63. The zero-order valence-electron chi connectivity index (χ0n) is 23.5. The number of carbonyl (C=O) groups is 2. The fraction of sp³-hybridized carbons (Fsp3) is 0.176. The first-order valence-corrected chi connectivity index (χ1v) is 14.0. The molecule has 1 amide bonds. The van der Waals surface area contributed by atoms with Crippen LogP contribution in [0.1, 0.15) is 33.6 Å². The van der Waals surface area contributed by atoms with Gasteiger partial charge in [-0.3, -0.25) is 4.79 Å². The number of hydrogen-bond acceptors (Lipinski definition) is 8. The lowest BCUT2D eigenvalue weighted by Gasteiger charge is -2.16. The van der Waals surface area contributed by atoms with Crippen molar-refractivity contribution < 1.29 is 28.9 Å². The summed E-state index contributed by atoms with van der Waals surface area (Å²) in [6, 6.07) is 26.4. The largest absolute Gasteiger partial charge is 0.508 e. The van der Waals surface area contributed by atoms with Gasteiger partial charge in [0.2, 0.25) is 0 Å². The van der Waals surface area contributed by atoms with Crippen LogP contribution in [0.5, 0.6) is 23.0 Å². The van der Waals surface area contributed by atoms with Gasteiger partial charge in [-0.05, 0) is 83.9 Å². The maximum absolute atomic E-state index is 13.6. The molecule has 0 aliphatic rings. The van der Waals surface area contributed by atoms with Crippen molar-refractivity contribution in [2.24, 2.45) is 11.5 Å². The summed E-state index contributed by atoms with van der Waals surface area (Å²) in [4.78, 5) is 27.1. The Morgan fingerprint density at radius 3 is 1.72 bits per heavy atom. The molecule has 0 radical (unpaired) electrons. The molecule has 5 rings (SSSR count). The number of phenols is 1. The highest BCUT2D eigenvalue weighted by molar-refractivity contribution is 6.09. The molecular formula is C34H33N3O6. The molecule has 0 heterocycles. The fourth-order valence-corrected chi connectivity index (χ4v) is 4.59. The van der Waals surface area contributed by atoms with Crippen molar-refractivity contribution >= 4 is 39.1 Å². The molecule has 220 valence electrons. The lowest BCUT2D eigenvalue weighted by Crippen LogP contribution is -2.17. The van der Waals surface area contributed by atoms with Gasteiger partial charge in [0, 0.05) is 6.07 Å². The molecule has 0 aliphatic carbocycles. The minimum absolute atomic E-state index is 0.0363. The highest BCUT2D eigenvalue weighted by Gasteiger charge is 2.21. The number of hydrogen-bond donors (Lipinski definition) is 4. The zero-order valence-corrected chi connectivity index (χ0v) is 23.5. The van der Waals surface area contributed by atoms with Crippen molar-refractivity contribution in [1.82, 2.24) is 0 Å². The van der Waals surface area contributed by atoms with Gasteiger partial charge < -0.3 is 36.1 Å². The van der Waals surface area contributed by atoms with Gasteiger partial charge in [0.25, 0.3) is 5.91 Å². The Morgan fingerprint density at radius 1 is 0.651 bits per heavy atom. The number of benzene rings is 5. The summed E-state index contributed by atoms with van der Waals surface area (Å²) >= 11 is 0. The first-order valence-electron chi connectivity index (χ1n) is 14.0. The van der Waals surface area contributed by atoms with Crippen molar-refractivity contribution in [1.29, 1.82) is 0 Å². The Balaban J connectivity index is 1.45. The number of ether oxygens (including phenoxy) is 3. The number of aromatic hydroxyl groups is 1. The third-order valence-electron chi connectivity index (χ3n) is 6.79. The van der Waals surface area contributed by atoms with Crippen molar-refractivity contribution in [3.8, 4) is 23.0 Å². The van der Waals surface area contributed by atoms with E-state index in [-0.39, 0.29) is 22.7 Å². The summed E-state index contributed by atoms with van der Waals surface area (Å²) in [6.07, 6.45) is 1.23. The Bertz CT molecular complexity index is 1770. The molecule has 0 unspecified atom stereocenters. The quantitative estimate of drug-likeness (QED) is 0.0644. The van der Waals surface area contributed by atoms with Gasteiger partial charge in [0.15, 0.2) is 5.75 Å². The number of phenolic OH excluding ortho intramolecular Hbond substituents is 1. The third kappa shape index (κ3) is 7.03. The Labute approximate surface area is 249 Å². The highest BCUT2D eigenvalue weighted by Crippen LogP contribution is 2.34. The van der Waals surface area contributed by atoms with Crippen LogP contribution in [0.25, 0.3) is 21.5 Å². The fourth-order valence-electron chi connectivity index (χ4n) is 4.59. The normalized spacial score (nSPS) is 10.9. The van der Waals surface area contributed by atoms with E-state index in [1.807, 2.05) is 54.6 Å². The molecule has 0 aliphatic heterocycles. The van der Waals surface area contributed by atoms with Gasteiger partial charge in [0.1, 0.15) is 22.8 Å². The first-order chi connectivity index (χ1) is 21.0. The molecule has 0 aromatic heterocycles. The number of carbonyl (C=O) groups excluding carboxylic acids is 2. The summed E-state index contributed by atoms with van der Waals surface area (Å²) in [7, 11) is 0. The lowest BCUT2D eigenvalue weighted by atomic mass is 10.0.